The second kappa shape index (κ2) is 5.58. The van der Waals surface area contributed by atoms with E-state index in [0.717, 1.165) is 29.6 Å². The summed E-state index contributed by atoms with van der Waals surface area (Å²) in [5, 5.41) is 10.2. The molecule has 0 spiro atoms. The van der Waals surface area contributed by atoms with Crippen LogP contribution in [0.1, 0.15) is 34.1 Å². The number of benzene rings is 1. The van der Waals surface area contributed by atoms with Crippen molar-refractivity contribution in [3.63, 3.8) is 0 Å². The molecule has 0 amide bonds. The van der Waals surface area contributed by atoms with E-state index >= 15 is 0 Å². The standard InChI is InChI=1S/C17H22N2O/c1-13(2)20-16-7-5-6-15-14(16)8-10-19(15)11-9-17(3,4)12-18/h5-8,10,13H,9,11H2,1-4H3. The van der Waals surface area contributed by atoms with Crippen molar-refractivity contribution in [2.75, 3.05) is 0 Å². The summed E-state index contributed by atoms with van der Waals surface area (Å²) >= 11 is 0. The molecule has 0 saturated heterocycles. The first-order chi connectivity index (χ1) is 9.43. The van der Waals surface area contributed by atoms with Gasteiger partial charge < -0.3 is 9.30 Å². The molecule has 0 bridgehead atoms. The molecule has 0 N–H and O–H groups in total. The first-order valence-corrected chi connectivity index (χ1v) is 7.09. The summed E-state index contributed by atoms with van der Waals surface area (Å²) in [7, 11) is 0. The number of fused-ring (bicyclic) bond motifs is 1. The Hall–Kier alpha value is -1.95. The molecule has 0 saturated carbocycles. The molecule has 0 aliphatic rings. The molecule has 1 aromatic heterocycles. The molecular weight excluding hydrogens is 248 g/mol. The lowest BCUT2D eigenvalue weighted by Crippen LogP contribution is -2.11. The topological polar surface area (TPSA) is 38.0 Å². The number of ether oxygens (including phenoxy) is 1. The summed E-state index contributed by atoms with van der Waals surface area (Å²) in [6.07, 6.45) is 3.08. The summed E-state index contributed by atoms with van der Waals surface area (Å²) in [5.41, 5.74) is 0.875. The fourth-order valence-corrected chi connectivity index (χ4v) is 2.20. The Morgan fingerprint density at radius 1 is 1.30 bits per heavy atom. The number of hydrogen-bond donors (Lipinski definition) is 0. The van der Waals surface area contributed by atoms with E-state index in [1.165, 1.54) is 0 Å². The van der Waals surface area contributed by atoms with Crippen LogP contribution in [0.5, 0.6) is 5.75 Å². The average Bonchev–Trinajstić information content (AvgIpc) is 2.80. The molecule has 1 aromatic carbocycles. The van der Waals surface area contributed by atoms with Crippen LogP contribution in [0.4, 0.5) is 0 Å². The number of aromatic nitrogens is 1. The van der Waals surface area contributed by atoms with Gasteiger partial charge in [-0.25, -0.2) is 0 Å². The van der Waals surface area contributed by atoms with Gasteiger partial charge in [0.15, 0.2) is 0 Å². The SMILES string of the molecule is CC(C)Oc1cccc2c1ccn2CCC(C)(C)C#N. The summed E-state index contributed by atoms with van der Waals surface area (Å²) in [6, 6.07) is 10.6. The lowest BCUT2D eigenvalue weighted by Gasteiger charge is -2.16. The van der Waals surface area contributed by atoms with E-state index < -0.39 is 0 Å². The number of hydrogen-bond acceptors (Lipinski definition) is 2. The highest BCUT2D eigenvalue weighted by Gasteiger charge is 2.17. The van der Waals surface area contributed by atoms with Crippen molar-refractivity contribution >= 4 is 10.9 Å². The summed E-state index contributed by atoms with van der Waals surface area (Å²) in [5.74, 6) is 0.927. The fraction of sp³-hybridized carbons (Fsp3) is 0.471. The Kier molecular flexibility index (Phi) is 4.04. The van der Waals surface area contributed by atoms with Crippen LogP contribution in [0.25, 0.3) is 10.9 Å². The molecule has 2 aromatic rings. The lowest BCUT2D eigenvalue weighted by molar-refractivity contribution is 0.245. The van der Waals surface area contributed by atoms with Gasteiger partial charge in [-0.15, -0.1) is 0 Å². The van der Waals surface area contributed by atoms with Gasteiger partial charge in [0, 0.05) is 18.1 Å². The van der Waals surface area contributed by atoms with Crippen LogP contribution in [-0.4, -0.2) is 10.7 Å². The van der Waals surface area contributed by atoms with Crippen LogP contribution in [-0.2, 0) is 6.54 Å². The van der Waals surface area contributed by atoms with Crippen molar-refractivity contribution in [2.45, 2.75) is 46.8 Å². The minimum Gasteiger partial charge on any atom is -0.490 e. The predicted octanol–water partition coefficient (Wildman–Crippen LogP) is 4.37. The van der Waals surface area contributed by atoms with Gasteiger partial charge in [-0.1, -0.05) is 6.07 Å². The van der Waals surface area contributed by atoms with Crippen molar-refractivity contribution in [1.29, 1.82) is 5.26 Å². The van der Waals surface area contributed by atoms with E-state index in [-0.39, 0.29) is 11.5 Å². The highest BCUT2D eigenvalue weighted by molar-refractivity contribution is 5.86. The fourth-order valence-electron chi connectivity index (χ4n) is 2.20. The molecule has 3 heteroatoms. The van der Waals surface area contributed by atoms with E-state index in [2.05, 4.69) is 29.0 Å². The molecule has 1 heterocycles. The minimum atomic E-state index is -0.289. The zero-order valence-electron chi connectivity index (χ0n) is 12.7. The van der Waals surface area contributed by atoms with E-state index in [1.54, 1.807) is 0 Å². The molecule has 106 valence electrons. The zero-order chi connectivity index (χ0) is 14.8. The summed E-state index contributed by atoms with van der Waals surface area (Å²) in [6.45, 7) is 8.86. The Labute approximate surface area is 120 Å². The van der Waals surface area contributed by atoms with Gasteiger partial charge in [-0.2, -0.15) is 5.26 Å². The average molecular weight is 270 g/mol. The van der Waals surface area contributed by atoms with Gasteiger partial charge in [0.2, 0.25) is 0 Å². The van der Waals surface area contributed by atoms with Gasteiger partial charge in [-0.3, -0.25) is 0 Å². The Morgan fingerprint density at radius 3 is 2.70 bits per heavy atom. The normalized spacial score (nSPS) is 11.8. The van der Waals surface area contributed by atoms with Crippen LogP contribution in [0.2, 0.25) is 0 Å². The van der Waals surface area contributed by atoms with Crippen LogP contribution < -0.4 is 4.74 Å². The number of rotatable bonds is 5. The van der Waals surface area contributed by atoms with Crippen molar-refractivity contribution in [3.8, 4) is 11.8 Å². The molecule has 0 atom stereocenters. The van der Waals surface area contributed by atoms with Gasteiger partial charge in [-0.05, 0) is 52.3 Å². The smallest absolute Gasteiger partial charge is 0.129 e. The second-order valence-electron chi connectivity index (χ2n) is 6.11. The van der Waals surface area contributed by atoms with Gasteiger partial charge >= 0.3 is 0 Å². The minimum absolute atomic E-state index is 0.168. The largest absolute Gasteiger partial charge is 0.490 e. The van der Waals surface area contributed by atoms with Gasteiger partial charge in [0.05, 0.1) is 23.1 Å². The van der Waals surface area contributed by atoms with E-state index in [1.807, 2.05) is 39.8 Å². The third kappa shape index (κ3) is 3.14. The Bertz CT molecular complexity index is 632. The first-order valence-electron chi connectivity index (χ1n) is 7.09. The maximum Gasteiger partial charge on any atom is 0.129 e. The van der Waals surface area contributed by atoms with Crippen molar-refractivity contribution in [3.05, 3.63) is 30.5 Å². The third-order valence-corrected chi connectivity index (χ3v) is 3.42. The van der Waals surface area contributed by atoms with E-state index in [9.17, 15) is 0 Å². The predicted molar refractivity (Wildman–Crippen MR) is 81.7 cm³/mol. The van der Waals surface area contributed by atoms with Gasteiger partial charge in [0.25, 0.3) is 0 Å². The Morgan fingerprint density at radius 2 is 2.05 bits per heavy atom. The van der Waals surface area contributed by atoms with E-state index in [0.29, 0.717) is 0 Å². The summed E-state index contributed by atoms with van der Waals surface area (Å²) < 4.78 is 8.04. The van der Waals surface area contributed by atoms with Crippen LogP contribution in [0, 0.1) is 16.7 Å². The number of aryl methyl sites for hydroxylation is 1. The van der Waals surface area contributed by atoms with E-state index in [4.69, 9.17) is 10.00 Å². The van der Waals surface area contributed by atoms with Crippen molar-refractivity contribution < 1.29 is 4.74 Å². The van der Waals surface area contributed by atoms with Crippen LogP contribution >= 0.6 is 0 Å². The molecule has 20 heavy (non-hydrogen) atoms. The van der Waals surface area contributed by atoms with Gasteiger partial charge in [0.1, 0.15) is 5.75 Å². The Balaban J connectivity index is 2.27. The summed E-state index contributed by atoms with van der Waals surface area (Å²) in [4.78, 5) is 0. The van der Waals surface area contributed by atoms with Crippen LogP contribution in [0.3, 0.4) is 0 Å². The first kappa shape index (κ1) is 14.5. The molecule has 0 unspecified atom stereocenters. The maximum absolute atomic E-state index is 9.10. The van der Waals surface area contributed by atoms with Crippen molar-refractivity contribution in [1.82, 2.24) is 4.57 Å². The quantitative estimate of drug-likeness (QED) is 0.809. The second-order valence-corrected chi connectivity index (χ2v) is 6.11. The molecule has 2 rings (SSSR count). The highest BCUT2D eigenvalue weighted by atomic mass is 16.5. The number of nitriles is 1. The van der Waals surface area contributed by atoms with Crippen LogP contribution in [0.15, 0.2) is 30.5 Å². The molecule has 0 radical (unpaired) electrons. The molecule has 0 fully saturated rings. The lowest BCUT2D eigenvalue weighted by atomic mass is 9.91. The highest BCUT2D eigenvalue weighted by Crippen LogP contribution is 2.29. The zero-order valence-corrected chi connectivity index (χ0v) is 12.7. The van der Waals surface area contributed by atoms with Crippen molar-refractivity contribution in [2.24, 2.45) is 5.41 Å². The molecule has 0 aliphatic carbocycles. The monoisotopic (exact) mass is 270 g/mol. The molecule has 0 aliphatic heterocycles. The number of nitrogens with zero attached hydrogens (tertiary/aromatic N) is 2. The third-order valence-electron chi connectivity index (χ3n) is 3.42. The molecular formula is C17H22N2O. The molecule has 3 nitrogen and oxygen atoms in total. The maximum atomic E-state index is 9.10.